The fraction of sp³-hybridized carbons (Fsp3) is 0.400. The normalized spacial score (nSPS) is 11.5. The Morgan fingerprint density at radius 3 is 2.66 bits per heavy atom. The van der Waals surface area contributed by atoms with E-state index >= 15 is 0 Å². The van der Waals surface area contributed by atoms with E-state index in [2.05, 4.69) is 20.4 Å². The summed E-state index contributed by atoms with van der Waals surface area (Å²) in [4.78, 5) is 16.1. The number of hydrogen-bond donors (Lipinski definition) is 2. The van der Waals surface area contributed by atoms with Gasteiger partial charge in [0.1, 0.15) is 22.8 Å². The number of furan rings is 1. The number of methoxy groups -OCH3 is 1. The summed E-state index contributed by atoms with van der Waals surface area (Å²) in [5.41, 5.74) is 1.82. The van der Waals surface area contributed by atoms with Gasteiger partial charge in [-0.1, -0.05) is 17.7 Å². The fourth-order valence-corrected chi connectivity index (χ4v) is 2.66. The fourth-order valence-electron chi connectivity index (χ4n) is 2.66. The van der Waals surface area contributed by atoms with Crippen LogP contribution in [0.5, 0.6) is 5.75 Å². The lowest BCUT2D eigenvalue weighted by atomic mass is 10.1. The van der Waals surface area contributed by atoms with E-state index < -0.39 is 12.6 Å². The smallest absolute Gasteiger partial charge is 0.387 e. The first kappa shape index (κ1) is 22.2. The summed E-state index contributed by atoms with van der Waals surface area (Å²) >= 11 is 0. The Morgan fingerprint density at radius 2 is 2.00 bits per heavy atom. The van der Waals surface area contributed by atoms with E-state index in [1.54, 1.807) is 25.1 Å². The number of ether oxygens (including phenoxy) is 2. The van der Waals surface area contributed by atoms with Crippen LogP contribution in [-0.4, -0.2) is 32.2 Å². The molecule has 158 valence electrons. The lowest BCUT2D eigenvalue weighted by Crippen LogP contribution is -2.36. The van der Waals surface area contributed by atoms with Gasteiger partial charge in [0.15, 0.2) is 5.96 Å². The number of aryl methyl sites for hydroxylation is 2. The molecule has 0 fully saturated rings. The van der Waals surface area contributed by atoms with Gasteiger partial charge in [-0.25, -0.2) is 9.79 Å². The second kappa shape index (κ2) is 10.4. The Balaban J connectivity index is 2.11. The first-order valence-electron chi connectivity index (χ1n) is 9.08. The molecule has 0 aliphatic rings. The van der Waals surface area contributed by atoms with E-state index in [-0.39, 0.29) is 18.8 Å². The third kappa shape index (κ3) is 6.48. The van der Waals surface area contributed by atoms with Crippen molar-refractivity contribution in [1.82, 2.24) is 10.6 Å². The van der Waals surface area contributed by atoms with Crippen LogP contribution in [0.1, 0.15) is 39.9 Å². The largest absolute Gasteiger partial charge is 0.465 e. The summed E-state index contributed by atoms with van der Waals surface area (Å²) < 4.78 is 40.1. The Bertz CT molecular complexity index is 865. The number of halogens is 2. The van der Waals surface area contributed by atoms with Crippen LogP contribution in [0.4, 0.5) is 8.78 Å². The summed E-state index contributed by atoms with van der Waals surface area (Å²) in [6.07, 6.45) is 0. The molecule has 1 aromatic heterocycles. The van der Waals surface area contributed by atoms with E-state index in [0.29, 0.717) is 35.2 Å². The van der Waals surface area contributed by atoms with Gasteiger partial charge in [-0.2, -0.15) is 8.78 Å². The Kier molecular flexibility index (Phi) is 7.99. The molecule has 0 saturated heterocycles. The average molecular weight is 409 g/mol. The van der Waals surface area contributed by atoms with Crippen molar-refractivity contribution in [3.63, 3.8) is 0 Å². The van der Waals surface area contributed by atoms with Crippen LogP contribution >= 0.6 is 0 Å². The van der Waals surface area contributed by atoms with E-state index in [9.17, 15) is 13.6 Å². The van der Waals surface area contributed by atoms with Gasteiger partial charge in [0, 0.05) is 12.1 Å². The molecule has 0 saturated carbocycles. The zero-order chi connectivity index (χ0) is 21.4. The molecule has 9 heteroatoms. The summed E-state index contributed by atoms with van der Waals surface area (Å²) in [6.45, 7) is 3.56. The molecule has 0 spiro atoms. The topological polar surface area (TPSA) is 85.1 Å². The van der Waals surface area contributed by atoms with Gasteiger partial charge in [0.05, 0.1) is 20.2 Å². The van der Waals surface area contributed by atoms with Crippen molar-refractivity contribution < 1.29 is 27.5 Å². The minimum absolute atomic E-state index is 0.0922. The van der Waals surface area contributed by atoms with Crippen LogP contribution in [0, 0.1) is 13.8 Å². The van der Waals surface area contributed by atoms with Gasteiger partial charge in [-0.3, -0.25) is 0 Å². The second-order valence-corrected chi connectivity index (χ2v) is 6.21. The molecule has 1 heterocycles. The molecular weight excluding hydrogens is 384 g/mol. The molecule has 0 amide bonds. The van der Waals surface area contributed by atoms with E-state index in [1.807, 2.05) is 13.8 Å². The van der Waals surface area contributed by atoms with Crippen LogP contribution in [0.25, 0.3) is 0 Å². The highest BCUT2D eigenvalue weighted by Gasteiger charge is 2.15. The Labute approximate surface area is 168 Å². The number of guanidine groups is 1. The molecule has 0 bridgehead atoms. The van der Waals surface area contributed by atoms with Gasteiger partial charge in [0.25, 0.3) is 0 Å². The van der Waals surface area contributed by atoms with Crippen LogP contribution in [0.2, 0.25) is 0 Å². The molecule has 0 aliphatic carbocycles. The van der Waals surface area contributed by atoms with Gasteiger partial charge >= 0.3 is 12.6 Å². The number of carbonyl (C=O) groups excluding carboxylic acids is 1. The number of alkyl halides is 2. The standard InChI is InChI=1S/C20H25F2N3O4/c1-5-23-20(25-11-15-9-16(13(3)28-15)18(26)27-4)24-10-14-8-12(2)6-7-17(14)29-19(21)22/h6-9,19H,5,10-11H2,1-4H3,(H2,23,24,25). The van der Waals surface area contributed by atoms with Crippen LogP contribution < -0.4 is 15.4 Å². The van der Waals surface area contributed by atoms with Crippen molar-refractivity contribution in [2.24, 2.45) is 4.99 Å². The first-order valence-corrected chi connectivity index (χ1v) is 9.08. The zero-order valence-corrected chi connectivity index (χ0v) is 16.8. The summed E-state index contributed by atoms with van der Waals surface area (Å²) in [5, 5.41) is 6.15. The highest BCUT2D eigenvalue weighted by Crippen LogP contribution is 2.23. The molecule has 2 rings (SSSR count). The van der Waals surface area contributed by atoms with Crippen molar-refractivity contribution >= 4 is 11.9 Å². The monoisotopic (exact) mass is 409 g/mol. The summed E-state index contributed by atoms with van der Waals surface area (Å²) in [7, 11) is 1.31. The maximum absolute atomic E-state index is 12.6. The highest BCUT2D eigenvalue weighted by molar-refractivity contribution is 5.90. The number of rotatable bonds is 8. The Hall–Kier alpha value is -3.10. The SMILES string of the molecule is CCNC(=NCc1cc(C)ccc1OC(F)F)NCc1cc(C(=O)OC)c(C)o1. The van der Waals surface area contributed by atoms with Crippen molar-refractivity contribution in [2.75, 3.05) is 13.7 Å². The van der Waals surface area contributed by atoms with Crippen molar-refractivity contribution in [1.29, 1.82) is 0 Å². The Morgan fingerprint density at radius 1 is 1.24 bits per heavy atom. The zero-order valence-electron chi connectivity index (χ0n) is 16.8. The second-order valence-electron chi connectivity index (χ2n) is 6.21. The molecule has 1 aromatic carbocycles. The van der Waals surface area contributed by atoms with Crippen molar-refractivity contribution in [3.8, 4) is 5.75 Å². The first-order chi connectivity index (χ1) is 13.8. The number of carbonyl (C=O) groups is 1. The molecule has 7 nitrogen and oxygen atoms in total. The molecule has 0 aliphatic heterocycles. The van der Waals surface area contributed by atoms with Crippen molar-refractivity contribution in [3.05, 3.63) is 52.5 Å². The van der Waals surface area contributed by atoms with Crippen LogP contribution in [0.3, 0.4) is 0 Å². The number of hydrogen-bond acceptors (Lipinski definition) is 5. The predicted molar refractivity (Wildman–Crippen MR) is 104 cm³/mol. The molecule has 0 atom stereocenters. The minimum atomic E-state index is -2.90. The van der Waals surface area contributed by atoms with Gasteiger partial charge in [-0.05, 0) is 32.9 Å². The van der Waals surface area contributed by atoms with E-state index in [4.69, 9.17) is 9.15 Å². The van der Waals surface area contributed by atoms with Crippen LogP contribution in [-0.2, 0) is 17.8 Å². The van der Waals surface area contributed by atoms with Crippen LogP contribution in [0.15, 0.2) is 33.7 Å². The number of aliphatic imine (C=N–C) groups is 1. The quantitative estimate of drug-likeness (QED) is 0.394. The third-order valence-corrected chi connectivity index (χ3v) is 3.99. The number of esters is 1. The molecule has 2 aromatic rings. The molecule has 29 heavy (non-hydrogen) atoms. The summed E-state index contributed by atoms with van der Waals surface area (Å²) in [6, 6.07) is 6.56. The van der Waals surface area contributed by atoms with E-state index in [0.717, 1.165) is 5.56 Å². The number of benzene rings is 1. The maximum atomic E-state index is 12.6. The lowest BCUT2D eigenvalue weighted by Gasteiger charge is -2.13. The lowest BCUT2D eigenvalue weighted by molar-refractivity contribution is -0.0504. The highest BCUT2D eigenvalue weighted by atomic mass is 19.3. The molecule has 0 unspecified atom stereocenters. The van der Waals surface area contributed by atoms with Gasteiger partial charge < -0.3 is 24.5 Å². The molecular formula is C20H25F2N3O4. The third-order valence-electron chi connectivity index (χ3n) is 3.99. The average Bonchev–Trinajstić information content (AvgIpc) is 3.05. The number of nitrogens with zero attached hydrogens (tertiary/aromatic N) is 1. The minimum Gasteiger partial charge on any atom is -0.465 e. The summed E-state index contributed by atoms with van der Waals surface area (Å²) in [5.74, 6) is 1.08. The molecule has 2 N–H and O–H groups in total. The molecule has 0 radical (unpaired) electrons. The van der Waals surface area contributed by atoms with E-state index in [1.165, 1.54) is 13.2 Å². The maximum Gasteiger partial charge on any atom is 0.387 e. The number of nitrogens with one attached hydrogen (secondary N) is 2. The predicted octanol–water partition coefficient (Wildman–Crippen LogP) is 3.54. The van der Waals surface area contributed by atoms with Crippen molar-refractivity contribution in [2.45, 2.75) is 40.5 Å². The van der Waals surface area contributed by atoms with Gasteiger partial charge in [-0.15, -0.1) is 0 Å². The van der Waals surface area contributed by atoms with Gasteiger partial charge in [0.2, 0.25) is 0 Å².